The van der Waals surface area contributed by atoms with Crippen LogP contribution in [0.3, 0.4) is 0 Å². The van der Waals surface area contributed by atoms with E-state index in [1.807, 2.05) is 56.3 Å². The van der Waals surface area contributed by atoms with E-state index >= 15 is 0 Å². The molecule has 0 spiro atoms. The number of rotatable bonds is 15. The number of aliphatic hydroxyl groups is 1. The van der Waals surface area contributed by atoms with Crippen molar-refractivity contribution in [3.8, 4) is 6.07 Å². The Morgan fingerprint density at radius 1 is 1.20 bits per heavy atom. The van der Waals surface area contributed by atoms with Crippen LogP contribution in [0.4, 0.5) is 10.5 Å². The number of fused-ring (bicyclic) bond motifs is 1. The van der Waals surface area contributed by atoms with E-state index in [4.69, 9.17) is 14.7 Å². The molecule has 240 valence electrons. The minimum atomic E-state index is -4.23. The van der Waals surface area contributed by atoms with Crippen LogP contribution in [0, 0.1) is 22.7 Å². The predicted octanol–water partition coefficient (Wildman–Crippen LogP) is 4.16. The van der Waals surface area contributed by atoms with Gasteiger partial charge in [-0.15, -0.1) is 0 Å². The molecule has 4 rings (SSSR count). The van der Waals surface area contributed by atoms with Gasteiger partial charge in [-0.25, -0.2) is 13.2 Å². The molecule has 0 aromatic heterocycles. The van der Waals surface area contributed by atoms with Crippen molar-refractivity contribution in [3.05, 3.63) is 59.7 Å². The Morgan fingerprint density at radius 3 is 2.64 bits per heavy atom. The van der Waals surface area contributed by atoms with Gasteiger partial charge in [-0.1, -0.05) is 50.2 Å². The fourth-order valence-corrected chi connectivity index (χ4v) is 8.18. The van der Waals surface area contributed by atoms with Gasteiger partial charge in [-0.05, 0) is 54.4 Å². The van der Waals surface area contributed by atoms with Gasteiger partial charge in [0, 0.05) is 44.1 Å². The summed E-state index contributed by atoms with van der Waals surface area (Å²) in [6, 6.07) is 15.6. The first-order chi connectivity index (χ1) is 20.9. The summed E-state index contributed by atoms with van der Waals surface area (Å²) < 4.78 is 42.4. The molecule has 44 heavy (non-hydrogen) atoms. The van der Waals surface area contributed by atoms with Gasteiger partial charge < -0.3 is 30.3 Å². The summed E-state index contributed by atoms with van der Waals surface area (Å²) in [4.78, 5) is 11.8. The molecule has 0 unspecified atom stereocenters. The summed E-state index contributed by atoms with van der Waals surface area (Å²) in [5.41, 5.74) is 1.51. The molecule has 0 aliphatic carbocycles. The zero-order valence-electron chi connectivity index (χ0n) is 25.6. The lowest BCUT2D eigenvalue weighted by molar-refractivity contribution is -0.0905. The van der Waals surface area contributed by atoms with Crippen LogP contribution in [-0.2, 0) is 25.9 Å². The van der Waals surface area contributed by atoms with Crippen LogP contribution >= 0.6 is 0 Å². The Balaban J connectivity index is 1.72. The highest BCUT2D eigenvalue weighted by atomic mass is 32.2. The zero-order chi connectivity index (χ0) is 31.9. The molecule has 0 saturated carbocycles. The fraction of sp³-hybridized carbons (Fsp3) is 0.562. The molecule has 11 nitrogen and oxygen atoms in total. The van der Waals surface area contributed by atoms with E-state index in [9.17, 15) is 23.4 Å². The van der Waals surface area contributed by atoms with Crippen molar-refractivity contribution in [2.75, 3.05) is 38.7 Å². The summed E-state index contributed by atoms with van der Waals surface area (Å²) in [6.45, 7) is 4.49. The number of hydrogen-bond acceptors (Lipinski definition) is 8. The van der Waals surface area contributed by atoms with E-state index in [1.165, 1.54) is 4.31 Å². The maximum absolute atomic E-state index is 14.7. The standard InChI is InChI=1S/C32H44N4O7S/c1-32(2,14-7-8-15-33)21-36(19-28(37)27(35-31(38)39)17-22-9-5-4-6-10-22)44(40,41)29-18-23(34-3)11-12-24(29)26-20-43-30-25(26)13-16-42-30/h4-6,9-12,18,25-28,30,34-35,37H,7-8,13-14,16-17,19-21H2,1-3H3,(H,38,39)/t25-,26-,27-,28+,30+/m0/s1. The number of nitrogens with one attached hydrogen (secondary N) is 2. The van der Waals surface area contributed by atoms with E-state index in [1.54, 1.807) is 13.1 Å². The highest BCUT2D eigenvalue weighted by Crippen LogP contribution is 2.44. The fourth-order valence-electron chi connectivity index (χ4n) is 6.24. The molecule has 2 aliphatic rings. The molecule has 2 saturated heterocycles. The molecule has 1 amide bonds. The third kappa shape index (κ3) is 8.28. The van der Waals surface area contributed by atoms with Gasteiger partial charge in [0.05, 0.1) is 36.3 Å². The van der Waals surface area contributed by atoms with Gasteiger partial charge in [-0.2, -0.15) is 9.57 Å². The molecule has 2 heterocycles. The van der Waals surface area contributed by atoms with Gasteiger partial charge in [0.2, 0.25) is 10.0 Å². The molecular weight excluding hydrogens is 584 g/mol. The molecule has 2 aliphatic heterocycles. The summed E-state index contributed by atoms with van der Waals surface area (Å²) in [7, 11) is -2.51. The van der Waals surface area contributed by atoms with Gasteiger partial charge >= 0.3 is 6.09 Å². The van der Waals surface area contributed by atoms with E-state index in [0.29, 0.717) is 43.7 Å². The quantitative estimate of drug-likeness (QED) is 0.212. The van der Waals surface area contributed by atoms with E-state index in [-0.39, 0.29) is 42.5 Å². The monoisotopic (exact) mass is 628 g/mol. The Morgan fingerprint density at radius 2 is 1.95 bits per heavy atom. The molecule has 2 aromatic carbocycles. The van der Waals surface area contributed by atoms with Crippen molar-refractivity contribution >= 4 is 21.8 Å². The first-order valence-electron chi connectivity index (χ1n) is 15.1. The first kappa shape index (κ1) is 33.7. The Labute approximate surface area is 260 Å². The average Bonchev–Trinajstić information content (AvgIpc) is 3.61. The Hall–Kier alpha value is -3.21. The lowest BCUT2D eigenvalue weighted by Gasteiger charge is -2.35. The second-order valence-electron chi connectivity index (χ2n) is 12.4. The number of benzene rings is 2. The number of ether oxygens (including phenoxy) is 2. The van der Waals surface area contributed by atoms with Crippen LogP contribution in [0.25, 0.3) is 0 Å². The van der Waals surface area contributed by atoms with Crippen molar-refractivity contribution < 1.29 is 32.9 Å². The van der Waals surface area contributed by atoms with E-state index in [0.717, 1.165) is 12.0 Å². The predicted molar refractivity (Wildman–Crippen MR) is 166 cm³/mol. The van der Waals surface area contributed by atoms with Gasteiger partial charge in [0.25, 0.3) is 0 Å². The topological polar surface area (TPSA) is 161 Å². The maximum atomic E-state index is 14.7. The molecule has 2 fully saturated rings. The van der Waals surface area contributed by atoms with Gasteiger partial charge in [0.1, 0.15) is 0 Å². The van der Waals surface area contributed by atoms with Crippen LogP contribution in [0.2, 0.25) is 0 Å². The van der Waals surface area contributed by atoms with Crippen LogP contribution in [0.5, 0.6) is 0 Å². The number of amides is 1. The normalized spacial score (nSPS) is 21.4. The number of hydrogen-bond donors (Lipinski definition) is 4. The molecule has 4 N–H and O–H groups in total. The maximum Gasteiger partial charge on any atom is 0.404 e. The number of nitrogens with zero attached hydrogens (tertiary/aromatic N) is 2. The summed E-state index contributed by atoms with van der Waals surface area (Å²) >= 11 is 0. The largest absolute Gasteiger partial charge is 0.465 e. The SMILES string of the molecule is CNc1ccc([C@@H]2CO[C@H]3OCC[C@H]32)c(S(=O)(=O)N(C[C@@H](O)[C@H](Cc2ccccc2)NC(=O)O)CC(C)(C)CCCC#N)c1. The highest BCUT2D eigenvalue weighted by Gasteiger charge is 2.45. The number of carbonyl (C=O) groups is 1. The highest BCUT2D eigenvalue weighted by molar-refractivity contribution is 7.89. The Kier molecular flexibility index (Phi) is 11.3. The van der Waals surface area contributed by atoms with Crippen molar-refractivity contribution in [2.45, 2.75) is 75.2 Å². The van der Waals surface area contributed by atoms with Crippen LogP contribution in [-0.4, -0.2) is 80.8 Å². The molecule has 2 aromatic rings. The minimum absolute atomic E-state index is 0.0286. The molecule has 5 atom stereocenters. The number of aliphatic hydroxyl groups excluding tert-OH is 1. The zero-order valence-corrected chi connectivity index (χ0v) is 26.4. The number of nitriles is 1. The van der Waals surface area contributed by atoms with Crippen molar-refractivity contribution in [2.24, 2.45) is 11.3 Å². The minimum Gasteiger partial charge on any atom is -0.465 e. The smallest absolute Gasteiger partial charge is 0.404 e. The molecule has 12 heteroatoms. The number of sulfonamides is 1. The van der Waals surface area contributed by atoms with Gasteiger partial charge in [-0.3, -0.25) is 0 Å². The van der Waals surface area contributed by atoms with Crippen LogP contribution in [0.15, 0.2) is 53.4 Å². The summed E-state index contributed by atoms with van der Waals surface area (Å²) in [6.07, 6.45) is -0.553. The third-order valence-electron chi connectivity index (χ3n) is 8.57. The summed E-state index contributed by atoms with van der Waals surface area (Å²) in [5.74, 6) is -0.158. The molecular formula is C32H44N4O7S. The van der Waals surface area contributed by atoms with Gasteiger partial charge in [0.15, 0.2) is 6.29 Å². The van der Waals surface area contributed by atoms with Crippen molar-refractivity contribution in [1.82, 2.24) is 9.62 Å². The average molecular weight is 629 g/mol. The lowest BCUT2D eigenvalue weighted by atomic mass is 9.87. The second-order valence-corrected chi connectivity index (χ2v) is 14.3. The van der Waals surface area contributed by atoms with E-state index < -0.39 is 33.7 Å². The van der Waals surface area contributed by atoms with E-state index in [2.05, 4.69) is 16.7 Å². The van der Waals surface area contributed by atoms with Crippen molar-refractivity contribution in [3.63, 3.8) is 0 Å². The third-order valence-corrected chi connectivity index (χ3v) is 10.4. The molecule has 0 bridgehead atoms. The summed E-state index contributed by atoms with van der Waals surface area (Å²) in [5, 5.41) is 35.6. The first-order valence-corrected chi connectivity index (χ1v) is 16.5. The lowest BCUT2D eigenvalue weighted by Crippen LogP contribution is -2.51. The van der Waals surface area contributed by atoms with Crippen LogP contribution in [0.1, 0.15) is 56.6 Å². The molecule has 0 radical (unpaired) electrons. The van der Waals surface area contributed by atoms with Crippen LogP contribution < -0.4 is 10.6 Å². The van der Waals surface area contributed by atoms with Crippen molar-refractivity contribution in [1.29, 1.82) is 5.26 Å². The number of anilines is 1. The number of unbranched alkanes of at least 4 members (excludes halogenated alkanes) is 1. The Bertz CT molecular complexity index is 1410. The second kappa shape index (κ2) is 14.7. The number of carboxylic acid groups (broad SMARTS) is 1.